The predicted molar refractivity (Wildman–Crippen MR) is 86.0 cm³/mol. The molecule has 5 nitrogen and oxygen atoms in total. The minimum Gasteiger partial charge on any atom is -0.371 e. The number of rotatable bonds is 2. The average molecular weight is 288 g/mol. The van der Waals surface area contributed by atoms with Crippen molar-refractivity contribution in [2.24, 2.45) is 0 Å². The van der Waals surface area contributed by atoms with Crippen LogP contribution in [-0.4, -0.2) is 63.2 Å². The van der Waals surface area contributed by atoms with E-state index in [0.29, 0.717) is 0 Å². The Kier molecular flexibility index (Phi) is 4.01. The number of nitrogens with zero attached hydrogens (tertiary/aromatic N) is 3. The van der Waals surface area contributed by atoms with Gasteiger partial charge in [-0.25, -0.2) is 0 Å². The summed E-state index contributed by atoms with van der Waals surface area (Å²) in [6, 6.07) is 8.25. The lowest BCUT2D eigenvalue weighted by Crippen LogP contribution is -2.55. The van der Waals surface area contributed by atoms with Crippen molar-refractivity contribution in [3.8, 4) is 0 Å². The first-order valence-electron chi connectivity index (χ1n) is 7.75. The molecule has 0 spiro atoms. The molecule has 0 bridgehead atoms. The number of fused-ring (bicyclic) bond motifs is 1. The molecule has 1 amide bonds. The van der Waals surface area contributed by atoms with Gasteiger partial charge in [0.1, 0.15) is 6.04 Å². The molecule has 2 aliphatic heterocycles. The molecule has 0 radical (unpaired) electrons. The second kappa shape index (κ2) is 5.93. The lowest BCUT2D eigenvalue weighted by molar-refractivity contribution is -0.132. The molecule has 1 aromatic carbocycles. The number of hydrogen-bond acceptors (Lipinski definition) is 4. The zero-order valence-electron chi connectivity index (χ0n) is 12.9. The molecule has 1 aromatic rings. The van der Waals surface area contributed by atoms with Crippen LogP contribution >= 0.6 is 0 Å². The van der Waals surface area contributed by atoms with Crippen molar-refractivity contribution in [1.29, 1.82) is 0 Å². The Labute approximate surface area is 126 Å². The molecule has 114 valence electrons. The molecule has 0 aliphatic carbocycles. The zero-order chi connectivity index (χ0) is 14.8. The summed E-state index contributed by atoms with van der Waals surface area (Å²) in [6.07, 6.45) is 0. The van der Waals surface area contributed by atoms with Crippen LogP contribution in [0.1, 0.15) is 6.92 Å². The third kappa shape index (κ3) is 2.70. The van der Waals surface area contributed by atoms with Gasteiger partial charge in [-0.1, -0.05) is 12.1 Å². The molecule has 1 unspecified atom stereocenters. The standard InChI is InChI=1S/C16H24N4O/c1-13(16(21)19-9-7-17-8-10-19)20-12-11-18(2)14-5-3-4-6-15(14)20/h3-6,13,17H,7-12H2,1-2H3. The van der Waals surface area contributed by atoms with Crippen molar-refractivity contribution in [2.75, 3.05) is 56.1 Å². The van der Waals surface area contributed by atoms with E-state index in [0.717, 1.165) is 39.3 Å². The number of amides is 1. The maximum Gasteiger partial charge on any atom is 0.245 e. The summed E-state index contributed by atoms with van der Waals surface area (Å²) in [5.74, 6) is 0.246. The molecule has 5 heteroatoms. The normalized spacial score (nSPS) is 20.2. The number of para-hydroxylation sites is 2. The molecule has 3 rings (SSSR count). The molecule has 2 aliphatic rings. The van der Waals surface area contributed by atoms with E-state index >= 15 is 0 Å². The van der Waals surface area contributed by atoms with Gasteiger partial charge in [0.25, 0.3) is 0 Å². The van der Waals surface area contributed by atoms with Gasteiger partial charge in [-0.2, -0.15) is 0 Å². The number of piperazine rings is 1. The van der Waals surface area contributed by atoms with Crippen LogP contribution < -0.4 is 15.1 Å². The minimum absolute atomic E-state index is 0.0991. The molecule has 1 N–H and O–H groups in total. The molecule has 0 aromatic heterocycles. The summed E-state index contributed by atoms with van der Waals surface area (Å²) in [6.45, 7) is 7.32. The van der Waals surface area contributed by atoms with Crippen LogP contribution in [0.3, 0.4) is 0 Å². The molecule has 1 atom stereocenters. The van der Waals surface area contributed by atoms with Gasteiger partial charge in [0.15, 0.2) is 0 Å². The van der Waals surface area contributed by atoms with Gasteiger partial charge in [0.05, 0.1) is 11.4 Å². The summed E-state index contributed by atoms with van der Waals surface area (Å²) in [4.78, 5) is 19.2. The summed E-state index contributed by atoms with van der Waals surface area (Å²) in [5.41, 5.74) is 2.38. The van der Waals surface area contributed by atoms with Crippen LogP contribution in [0.2, 0.25) is 0 Å². The van der Waals surface area contributed by atoms with Crippen LogP contribution in [0, 0.1) is 0 Å². The van der Waals surface area contributed by atoms with E-state index in [9.17, 15) is 4.79 Å². The van der Waals surface area contributed by atoms with Gasteiger partial charge >= 0.3 is 0 Å². The van der Waals surface area contributed by atoms with Crippen molar-refractivity contribution in [3.63, 3.8) is 0 Å². The van der Waals surface area contributed by atoms with Gasteiger partial charge in [-0.05, 0) is 19.1 Å². The lowest BCUT2D eigenvalue weighted by Gasteiger charge is -2.41. The quantitative estimate of drug-likeness (QED) is 0.872. The van der Waals surface area contributed by atoms with Crippen molar-refractivity contribution in [1.82, 2.24) is 10.2 Å². The SMILES string of the molecule is CC(C(=O)N1CCNCC1)N1CCN(C)c2ccccc21. The molecule has 1 saturated heterocycles. The first-order chi connectivity index (χ1) is 10.2. The molecule has 1 fully saturated rings. The summed E-state index contributed by atoms with van der Waals surface area (Å²) in [5, 5.41) is 3.30. The van der Waals surface area contributed by atoms with Crippen LogP contribution in [0.5, 0.6) is 0 Å². The van der Waals surface area contributed by atoms with E-state index in [1.54, 1.807) is 0 Å². The van der Waals surface area contributed by atoms with Crippen LogP contribution in [0.25, 0.3) is 0 Å². The van der Waals surface area contributed by atoms with E-state index in [1.807, 2.05) is 17.9 Å². The molecule has 2 heterocycles. The van der Waals surface area contributed by atoms with Gasteiger partial charge in [-0.15, -0.1) is 0 Å². The fraction of sp³-hybridized carbons (Fsp3) is 0.562. The van der Waals surface area contributed by atoms with Crippen molar-refractivity contribution < 1.29 is 4.79 Å². The maximum atomic E-state index is 12.7. The first-order valence-corrected chi connectivity index (χ1v) is 7.75. The van der Waals surface area contributed by atoms with Crippen molar-refractivity contribution >= 4 is 17.3 Å². The summed E-state index contributed by atoms with van der Waals surface area (Å²) < 4.78 is 0. The Morgan fingerprint density at radius 1 is 1.10 bits per heavy atom. The Hall–Kier alpha value is -1.75. The molecule has 0 saturated carbocycles. The van der Waals surface area contributed by atoms with Gasteiger partial charge in [0.2, 0.25) is 5.91 Å². The number of benzene rings is 1. The maximum absolute atomic E-state index is 12.7. The lowest BCUT2D eigenvalue weighted by atomic mass is 10.1. The Balaban J connectivity index is 1.80. The molecular weight excluding hydrogens is 264 g/mol. The number of nitrogens with one attached hydrogen (secondary N) is 1. The van der Waals surface area contributed by atoms with Crippen LogP contribution in [0.15, 0.2) is 24.3 Å². The van der Waals surface area contributed by atoms with E-state index in [2.05, 4.69) is 40.4 Å². The van der Waals surface area contributed by atoms with E-state index in [4.69, 9.17) is 0 Å². The van der Waals surface area contributed by atoms with Gasteiger partial charge in [0, 0.05) is 46.3 Å². The highest BCUT2D eigenvalue weighted by atomic mass is 16.2. The van der Waals surface area contributed by atoms with E-state index in [1.165, 1.54) is 11.4 Å². The van der Waals surface area contributed by atoms with E-state index < -0.39 is 0 Å². The second-order valence-electron chi connectivity index (χ2n) is 5.85. The fourth-order valence-corrected chi connectivity index (χ4v) is 3.21. The first kappa shape index (κ1) is 14.2. The number of likely N-dealkylation sites (N-methyl/N-ethyl adjacent to an activating group) is 1. The van der Waals surface area contributed by atoms with Gasteiger partial charge < -0.3 is 20.0 Å². The number of anilines is 2. The monoisotopic (exact) mass is 288 g/mol. The Morgan fingerprint density at radius 3 is 2.48 bits per heavy atom. The summed E-state index contributed by atoms with van der Waals surface area (Å²) >= 11 is 0. The topological polar surface area (TPSA) is 38.8 Å². The summed E-state index contributed by atoms with van der Waals surface area (Å²) in [7, 11) is 2.11. The predicted octanol–water partition coefficient (Wildman–Crippen LogP) is 0.763. The van der Waals surface area contributed by atoms with Crippen molar-refractivity contribution in [3.05, 3.63) is 24.3 Å². The van der Waals surface area contributed by atoms with Gasteiger partial charge in [-0.3, -0.25) is 4.79 Å². The Bertz CT molecular complexity index is 513. The average Bonchev–Trinajstić information content (AvgIpc) is 2.55. The van der Waals surface area contributed by atoms with E-state index in [-0.39, 0.29) is 11.9 Å². The minimum atomic E-state index is -0.0991. The highest BCUT2D eigenvalue weighted by Gasteiger charge is 2.30. The number of carbonyl (C=O) groups excluding carboxylic acids is 1. The van der Waals surface area contributed by atoms with Crippen LogP contribution in [0.4, 0.5) is 11.4 Å². The smallest absolute Gasteiger partial charge is 0.245 e. The largest absolute Gasteiger partial charge is 0.371 e. The highest BCUT2D eigenvalue weighted by Crippen LogP contribution is 2.33. The van der Waals surface area contributed by atoms with Crippen molar-refractivity contribution in [2.45, 2.75) is 13.0 Å². The third-order valence-electron chi connectivity index (χ3n) is 4.53. The Morgan fingerprint density at radius 2 is 1.76 bits per heavy atom. The fourth-order valence-electron chi connectivity index (χ4n) is 3.21. The number of carbonyl (C=O) groups is 1. The second-order valence-corrected chi connectivity index (χ2v) is 5.85. The molecule has 21 heavy (non-hydrogen) atoms. The third-order valence-corrected chi connectivity index (χ3v) is 4.53. The molecular formula is C16H24N4O. The number of hydrogen-bond donors (Lipinski definition) is 1. The highest BCUT2D eigenvalue weighted by molar-refractivity contribution is 5.87. The zero-order valence-corrected chi connectivity index (χ0v) is 12.9. The van der Waals surface area contributed by atoms with Crippen LogP contribution in [-0.2, 0) is 4.79 Å².